The van der Waals surface area contributed by atoms with E-state index in [0.717, 1.165) is 17.4 Å². The summed E-state index contributed by atoms with van der Waals surface area (Å²) in [5.74, 6) is 0.248. The molecule has 7 nitrogen and oxygen atoms in total. The van der Waals surface area contributed by atoms with Crippen LogP contribution < -0.4 is 9.64 Å². The molecule has 1 amide bonds. The van der Waals surface area contributed by atoms with Gasteiger partial charge in [0.2, 0.25) is 15.9 Å². The Morgan fingerprint density at radius 1 is 1.36 bits per heavy atom. The molecule has 0 spiro atoms. The molecule has 2 rings (SSSR count). The number of amides is 1. The number of sulfonamides is 1. The van der Waals surface area contributed by atoms with Crippen molar-refractivity contribution in [1.82, 2.24) is 9.21 Å². The Balaban J connectivity index is 2.08. The molecule has 140 valence electrons. The van der Waals surface area contributed by atoms with Crippen LogP contribution in [0.3, 0.4) is 0 Å². The molecule has 1 heterocycles. The van der Waals surface area contributed by atoms with Gasteiger partial charge in [0.1, 0.15) is 5.75 Å². The lowest BCUT2D eigenvalue weighted by atomic mass is 10.3. The van der Waals surface area contributed by atoms with Crippen LogP contribution in [0.15, 0.2) is 23.1 Å². The molecule has 0 aliphatic carbocycles. The van der Waals surface area contributed by atoms with Crippen LogP contribution in [0.1, 0.15) is 6.92 Å². The number of piperazine rings is 1. The fourth-order valence-corrected chi connectivity index (χ4v) is 4.05. The Bertz CT molecular complexity index is 718. The average molecular weight is 391 g/mol. The Kier molecular flexibility index (Phi) is 6.67. The van der Waals surface area contributed by atoms with Crippen LogP contribution in [-0.2, 0) is 14.8 Å². The number of hydrogen-bond donors (Lipinski definition) is 1. The zero-order valence-electron chi connectivity index (χ0n) is 14.8. The Labute approximate surface area is 154 Å². The standard InChI is InChI=1S/C16H24ClN3O4S/c1-4-24-15-6-5-13(11-14(15)17)25(22,23)19(3)12-16(21)20-9-7-18(2)8-10-20/h5-6,11H,4,7-10,12H2,1-3H3/p+1. The second-order valence-corrected chi connectivity index (χ2v) is 8.58. The highest BCUT2D eigenvalue weighted by Crippen LogP contribution is 2.28. The summed E-state index contributed by atoms with van der Waals surface area (Å²) in [6, 6.07) is 4.31. The van der Waals surface area contributed by atoms with E-state index < -0.39 is 10.0 Å². The van der Waals surface area contributed by atoms with E-state index in [1.807, 2.05) is 6.92 Å². The summed E-state index contributed by atoms with van der Waals surface area (Å²) < 4.78 is 31.7. The van der Waals surface area contributed by atoms with Crippen molar-refractivity contribution >= 4 is 27.5 Å². The number of likely N-dealkylation sites (N-methyl/N-ethyl adjacent to an activating group) is 2. The topological polar surface area (TPSA) is 71.4 Å². The van der Waals surface area contributed by atoms with Gasteiger partial charge in [0.25, 0.3) is 0 Å². The van der Waals surface area contributed by atoms with Gasteiger partial charge in [-0.1, -0.05) is 11.6 Å². The van der Waals surface area contributed by atoms with Gasteiger partial charge in [-0.2, -0.15) is 4.31 Å². The van der Waals surface area contributed by atoms with E-state index in [0.29, 0.717) is 25.4 Å². The van der Waals surface area contributed by atoms with Crippen molar-refractivity contribution < 1.29 is 22.8 Å². The minimum absolute atomic E-state index is 0.0408. The Morgan fingerprint density at radius 3 is 2.56 bits per heavy atom. The largest absolute Gasteiger partial charge is 0.492 e. The summed E-state index contributed by atoms with van der Waals surface area (Å²) in [5.41, 5.74) is 0. The van der Waals surface area contributed by atoms with Gasteiger partial charge >= 0.3 is 0 Å². The molecule has 0 atom stereocenters. The summed E-state index contributed by atoms with van der Waals surface area (Å²) in [6.07, 6.45) is 0. The second-order valence-electron chi connectivity index (χ2n) is 6.12. The molecule has 1 aliphatic heterocycles. The number of rotatable bonds is 6. The highest BCUT2D eigenvalue weighted by molar-refractivity contribution is 7.89. The second kappa shape index (κ2) is 8.35. The van der Waals surface area contributed by atoms with Crippen molar-refractivity contribution in [2.45, 2.75) is 11.8 Å². The summed E-state index contributed by atoms with van der Waals surface area (Å²) in [5, 5.41) is 0.227. The Morgan fingerprint density at radius 2 is 2.00 bits per heavy atom. The summed E-state index contributed by atoms with van der Waals surface area (Å²) in [7, 11) is -0.318. The van der Waals surface area contributed by atoms with Gasteiger partial charge in [0.15, 0.2) is 0 Å². The first kappa shape index (κ1) is 20.0. The number of nitrogens with zero attached hydrogens (tertiary/aromatic N) is 2. The Hall–Kier alpha value is -1.35. The summed E-state index contributed by atoms with van der Waals surface area (Å²) in [6.45, 7) is 5.10. The van der Waals surface area contributed by atoms with E-state index in [1.165, 1.54) is 30.1 Å². The van der Waals surface area contributed by atoms with Crippen molar-refractivity contribution in [3.05, 3.63) is 23.2 Å². The third-order valence-electron chi connectivity index (χ3n) is 4.24. The number of nitrogens with one attached hydrogen (secondary N) is 1. The molecule has 1 fully saturated rings. The fourth-order valence-electron chi connectivity index (χ4n) is 2.61. The van der Waals surface area contributed by atoms with Gasteiger partial charge in [0.05, 0.1) is 56.3 Å². The molecule has 1 aromatic carbocycles. The molecule has 25 heavy (non-hydrogen) atoms. The number of carbonyl (C=O) groups excluding carboxylic acids is 1. The number of benzene rings is 1. The van der Waals surface area contributed by atoms with E-state index in [4.69, 9.17) is 16.3 Å². The van der Waals surface area contributed by atoms with Gasteiger partial charge in [-0.25, -0.2) is 8.42 Å². The number of halogens is 1. The van der Waals surface area contributed by atoms with Gasteiger partial charge in [-0.05, 0) is 25.1 Å². The molecule has 1 N–H and O–H groups in total. The molecule has 0 unspecified atom stereocenters. The van der Waals surface area contributed by atoms with Crippen molar-refractivity contribution in [1.29, 1.82) is 0 Å². The lowest BCUT2D eigenvalue weighted by Crippen LogP contribution is -3.12. The summed E-state index contributed by atoms with van der Waals surface area (Å²) >= 11 is 6.07. The molecule has 0 radical (unpaired) electrons. The maximum Gasteiger partial charge on any atom is 0.243 e. The molecule has 1 aliphatic rings. The van der Waals surface area contributed by atoms with E-state index in [1.54, 1.807) is 4.90 Å². The van der Waals surface area contributed by atoms with Gasteiger partial charge in [-0.3, -0.25) is 4.79 Å². The summed E-state index contributed by atoms with van der Waals surface area (Å²) in [4.78, 5) is 15.5. The number of quaternary nitrogens is 1. The van der Waals surface area contributed by atoms with Gasteiger partial charge in [0, 0.05) is 7.05 Å². The fraction of sp³-hybridized carbons (Fsp3) is 0.562. The lowest BCUT2D eigenvalue weighted by Gasteiger charge is -2.31. The highest BCUT2D eigenvalue weighted by atomic mass is 35.5. The molecular formula is C16H25ClN3O4S+. The smallest absolute Gasteiger partial charge is 0.243 e. The zero-order valence-corrected chi connectivity index (χ0v) is 16.4. The molecule has 1 aromatic rings. The van der Waals surface area contributed by atoms with Crippen LogP contribution in [0.25, 0.3) is 0 Å². The molecule has 1 saturated heterocycles. The van der Waals surface area contributed by atoms with Crippen LogP contribution in [0.4, 0.5) is 0 Å². The monoisotopic (exact) mass is 390 g/mol. The van der Waals surface area contributed by atoms with Crippen LogP contribution in [0.5, 0.6) is 5.75 Å². The number of carbonyl (C=O) groups is 1. The first-order valence-electron chi connectivity index (χ1n) is 8.23. The van der Waals surface area contributed by atoms with Crippen LogP contribution in [-0.4, -0.2) is 77.0 Å². The quantitative estimate of drug-likeness (QED) is 0.725. The molecule has 9 heteroatoms. The van der Waals surface area contributed by atoms with Crippen molar-refractivity contribution in [2.24, 2.45) is 0 Å². The normalized spacial score (nSPS) is 16.3. The maximum atomic E-state index is 12.7. The first-order valence-corrected chi connectivity index (χ1v) is 10.0. The predicted molar refractivity (Wildman–Crippen MR) is 95.6 cm³/mol. The molecule has 0 aromatic heterocycles. The predicted octanol–water partition coefficient (Wildman–Crippen LogP) is -0.284. The maximum absolute atomic E-state index is 12.7. The third-order valence-corrected chi connectivity index (χ3v) is 6.33. The van der Waals surface area contributed by atoms with Crippen molar-refractivity contribution in [2.75, 3.05) is 53.4 Å². The minimum Gasteiger partial charge on any atom is -0.492 e. The molecule has 0 bridgehead atoms. The van der Waals surface area contributed by atoms with Crippen molar-refractivity contribution in [3.63, 3.8) is 0 Å². The van der Waals surface area contributed by atoms with Gasteiger partial charge < -0.3 is 14.5 Å². The number of ether oxygens (including phenoxy) is 1. The van der Waals surface area contributed by atoms with Gasteiger partial charge in [-0.15, -0.1) is 0 Å². The third kappa shape index (κ3) is 4.84. The average Bonchev–Trinajstić information content (AvgIpc) is 2.57. The zero-order chi connectivity index (χ0) is 18.6. The SMILES string of the molecule is CCOc1ccc(S(=O)(=O)N(C)CC(=O)N2CC[NH+](C)CC2)cc1Cl. The lowest BCUT2D eigenvalue weighted by molar-refractivity contribution is -0.883. The van der Waals surface area contributed by atoms with E-state index >= 15 is 0 Å². The highest BCUT2D eigenvalue weighted by Gasteiger charge is 2.28. The minimum atomic E-state index is -3.80. The van der Waals surface area contributed by atoms with Crippen LogP contribution >= 0.6 is 11.6 Å². The van der Waals surface area contributed by atoms with Crippen LogP contribution in [0.2, 0.25) is 5.02 Å². The first-order chi connectivity index (χ1) is 11.8. The number of hydrogen-bond acceptors (Lipinski definition) is 4. The van der Waals surface area contributed by atoms with E-state index in [-0.39, 0.29) is 22.4 Å². The molecule has 0 saturated carbocycles. The molecular weight excluding hydrogens is 366 g/mol. The van der Waals surface area contributed by atoms with E-state index in [2.05, 4.69) is 7.05 Å². The van der Waals surface area contributed by atoms with Crippen LogP contribution in [0, 0.1) is 0 Å². The van der Waals surface area contributed by atoms with E-state index in [9.17, 15) is 13.2 Å². The van der Waals surface area contributed by atoms with Crippen molar-refractivity contribution in [3.8, 4) is 5.75 Å².